The first kappa shape index (κ1) is 16.5. The Morgan fingerprint density at radius 2 is 1.79 bits per heavy atom. The van der Waals surface area contributed by atoms with Crippen molar-refractivity contribution >= 4 is 38.4 Å². The summed E-state index contributed by atoms with van der Waals surface area (Å²) in [6.45, 7) is 0. The van der Waals surface area contributed by atoms with Gasteiger partial charge in [-0.1, -0.05) is 29.8 Å². The van der Waals surface area contributed by atoms with Gasteiger partial charge in [0.15, 0.2) is 0 Å². The number of nitrogens with one attached hydrogen (secondary N) is 3. The fourth-order valence-electron chi connectivity index (χ4n) is 2.29. The lowest BCUT2D eigenvalue weighted by Gasteiger charge is -2.08. The summed E-state index contributed by atoms with van der Waals surface area (Å²) in [6.07, 6.45) is 1.78. The Morgan fingerprint density at radius 3 is 2.54 bits per heavy atom. The van der Waals surface area contributed by atoms with Crippen molar-refractivity contribution in [1.82, 2.24) is 15.2 Å². The van der Waals surface area contributed by atoms with Gasteiger partial charge in [-0.15, -0.1) is 4.83 Å². The smallest absolute Gasteiger partial charge is 0.257 e. The molecular weight excluding hydrogens is 350 g/mol. The van der Waals surface area contributed by atoms with Crippen molar-refractivity contribution in [2.45, 2.75) is 11.3 Å². The van der Waals surface area contributed by atoms with Gasteiger partial charge in [-0.2, -0.15) is 0 Å². The van der Waals surface area contributed by atoms with Crippen molar-refractivity contribution < 1.29 is 13.2 Å². The second-order valence-electron chi connectivity index (χ2n) is 5.14. The number of hydrogen-bond acceptors (Lipinski definition) is 3. The number of aromatic amines is 1. The minimum atomic E-state index is -3.84. The zero-order valence-corrected chi connectivity index (χ0v) is 14.0. The molecule has 0 bridgehead atoms. The molecule has 1 aromatic heterocycles. The Labute approximate surface area is 143 Å². The lowest BCUT2D eigenvalue weighted by molar-refractivity contribution is -0.120. The third-order valence-corrected chi connectivity index (χ3v) is 4.99. The van der Waals surface area contributed by atoms with E-state index in [1.165, 1.54) is 24.3 Å². The summed E-state index contributed by atoms with van der Waals surface area (Å²) in [5.41, 5.74) is 3.92. The number of amides is 1. The molecule has 0 aliphatic carbocycles. The topological polar surface area (TPSA) is 91.1 Å². The maximum atomic E-state index is 12.1. The van der Waals surface area contributed by atoms with Gasteiger partial charge in [-0.25, -0.2) is 8.42 Å². The Kier molecular flexibility index (Phi) is 4.57. The van der Waals surface area contributed by atoms with E-state index >= 15 is 0 Å². The van der Waals surface area contributed by atoms with Crippen molar-refractivity contribution in [3.05, 3.63) is 65.3 Å². The highest BCUT2D eigenvalue weighted by Crippen LogP contribution is 2.18. The number of carbonyl (C=O) groups is 1. The molecule has 0 saturated heterocycles. The van der Waals surface area contributed by atoms with Crippen LogP contribution in [-0.4, -0.2) is 19.3 Å². The molecule has 0 spiro atoms. The highest BCUT2D eigenvalue weighted by molar-refractivity contribution is 7.89. The second-order valence-corrected chi connectivity index (χ2v) is 7.26. The van der Waals surface area contributed by atoms with Crippen LogP contribution in [0.15, 0.2) is 59.6 Å². The minimum Gasteiger partial charge on any atom is -0.361 e. The normalized spacial score (nSPS) is 11.5. The average Bonchev–Trinajstić information content (AvgIpc) is 2.97. The largest absolute Gasteiger partial charge is 0.361 e. The Morgan fingerprint density at radius 1 is 1.08 bits per heavy atom. The number of hydrogen-bond donors (Lipinski definition) is 3. The number of carbonyl (C=O) groups excluding carboxylic acids is 1. The van der Waals surface area contributed by atoms with E-state index in [9.17, 15) is 13.2 Å². The van der Waals surface area contributed by atoms with Gasteiger partial charge < -0.3 is 4.98 Å². The summed E-state index contributed by atoms with van der Waals surface area (Å²) in [5.74, 6) is -0.461. The van der Waals surface area contributed by atoms with E-state index in [1.807, 2.05) is 24.3 Å². The SMILES string of the molecule is O=C(Cc1c[nH]c2ccccc12)NNS(=O)(=O)c1ccc(Cl)cc1. The van der Waals surface area contributed by atoms with E-state index in [1.54, 1.807) is 6.20 Å². The zero-order chi connectivity index (χ0) is 17.2. The van der Waals surface area contributed by atoms with E-state index in [2.05, 4.69) is 15.2 Å². The number of aromatic nitrogens is 1. The van der Waals surface area contributed by atoms with Crippen LogP contribution >= 0.6 is 11.6 Å². The quantitative estimate of drug-likeness (QED) is 0.608. The van der Waals surface area contributed by atoms with Crippen LogP contribution in [0, 0.1) is 0 Å². The first-order chi connectivity index (χ1) is 11.5. The second kappa shape index (κ2) is 6.64. The lowest BCUT2D eigenvalue weighted by atomic mass is 10.1. The van der Waals surface area contributed by atoms with E-state index in [4.69, 9.17) is 11.6 Å². The van der Waals surface area contributed by atoms with Crippen molar-refractivity contribution in [3.8, 4) is 0 Å². The van der Waals surface area contributed by atoms with Crippen LogP contribution in [0.5, 0.6) is 0 Å². The summed E-state index contributed by atoms with van der Waals surface area (Å²) in [7, 11) is -3.84. The first-order valence-corrected chi connectivity index (χ1v) is 8.93. The molecule has 124 valence electrons. The number of rotatable bonds is 5. The monoisotopic (exact) mass is 363 g/mol. The summed E-state index contributed by atoms with van der Waals surface area (Å²) >= 11 is 5.73. The molecule has 0 saturated carbocycles. The van der Waals surface area contributed by atoms with Gasteiger partial charge >= 0.3 is 0 Å². The minimum absolute atomic E-state index is 0.0132. The van der Waals surface area contributed by atoms with Gasteiger partial charge in [0.25, 0.3) is 10.0 Å². The van der Waals surface area contributed by atoms with Crippen molar-refractivity contribution in [3.63, 3.8) is 0 Å². The van der Waals surface area contributed by atoms with Gasteiger partial charge in [-0.3, -0.25) is 10.2 Å². The number of fused-ring (bicyclic) bond motifs is 1. The van der Waals surface area contributed by atoms with E-state index in [-0.39, 0.29) is 11.3 Å². The molecule has 8 heteroatoms. The van der Waals surface area contributed by atoms with Crippen LogP contribution in [0.1, 0.15) is 5.56 Å². The van der Waals surface area contributed by atoms with E-state index in [0.717, 1.165) is 16.5 Å². The predicted octanol–water partition coefficient (Wildman–Crippen LogP) is 2.37. The maximum Gasteiger partial charge on any atom is 0.257 e. The summed E-state index contributed by atoms with van der Waals surface area (Å²) < 4.78 is 24.2. The Bertz CT molecular complexity index is 981. The standard InChI is InChI=1S/C16H14ClN3O3S/c17-12-5-7-13(8-6-12)24(22,23)20-19-16(21)9-11-10-18-15-4-2-1-3-14(11)15/h1-8,10,18,20H,9H2,(H,19,21). The highest BCUT2D eigenvalue weighted by Gasteiger charge is 2.15. The molecule has 0 unspecified atom stereocenters. The molecule has 0 radical (unpaired) electrons. The molecule has 0 aliphatic heterocycles. The van der Waals surface area contributed by atoms with Gasteiger partial charge in [0.05, 0.1) is 11.3 Å². The van der Waals surface area contributed by atoms with Crippen molar-refractivity contribution in [1.29, 1.82) is 0 Å². The van der Waals surface area contributed by atoms with Crippen LogP contribution in [0.2, 0.25) is 5.02 Å². The number of para-hydroxylation sites is 1. The van der Waals surface area contributed by atoms with Crippen molar-refractivity contribution in [2.75, 3.05) is 0 Å². The summed E-state index contributed by atoms with van der Waals surface area (Å²) in [6, 6.07) is 13.2. The first-order valence-electron chi connectivity index (χ1n) is 7.07. The predicted molar refractivity (Wildman–Crippen MR) is 91.9 cm³/mol. The molecule has 1 heterocycles. The van der Waals surface area contributed by atoms with Gasteiger partial charge in [0, 0.05) is 22.1 Å². The van der Waals surface area contributed by atoms with Gasteiger partial charge in [0.1, 0.15) is 0 Å². The average molecular weight is 364 g/mol. The molecule has 0 fully saturated rings. The molecule has 2 aromatic carbocycles. The number of hydrazine groups is 1. The Hall–Kier alpha value is -2.35. The lowest BCUT2D eigenvalue weighted by Crippen LogP contribution is -2.42. The van der Waals surface area contributed by atoms with Crippen LogP contribution in [0.4, 0.5) is 0 Å². The zero-order valence-electron chi connectivity index (χ0n) is 12.4. The maximum absolute atomic E-state index is 12.1. The van der Waals surface area contributed by atoms with Crippen LogP contribution < -0.4 is 10.3 Å². The molecule has 0 aliphatic rings. The Balaban J connectivity index is 1.66. The number of halogens is 1. The summed E-state index contributed by atoms with van der Waals surface area (Å²) in [4.78, 5) is 17.2. The van der Waals surface area contributed by atoms with Crippen molar-refractivity contribution in [2.24, 2.45) is 0 Å². The molecule has 1 amide bonds. The molecule has 6 nitrogen and oxygen atoms in total. The third kappa shape index (κ3) is 3.59. The number of sulfonamides is 1. The van der Waals surface area contributed by atoms with Gasteiger partial charge in [0.2, 0.25) is 5.91 Å². The van der Waals surface area contributed by atoms with Crippen LogP contribution in [0.25, 0.3) is 10.9 Å². The van der Waals surface area contributed by atoms with E-state index < -0.39 is 15.9 Å². The van der Waals surface area contributed by atoms with Crippen LogP contribution in [-0.2, 0) is 21.2 Å². The van der Waals surface area contributed by atoms with E-state index in [0.29, 0.717) is 5.02 Å². The number of H-pyrrole nitrogens is 1. The molecule has 3 rings (SSSR count). The van der Waals surface area contributed by atoms with Crippen LogP contribution in [0.3, 0.4) is 0 Å². The van der Waals surface area contributed by atoms with Gasteiger partial charge in [-0.05, 0) is 35.9 Å². The third-order valence-electron chi connectivity index (χ3n) is 3.47. The fraction of sp³-hybridized carbons (Fsp3) is 0.0625. The molecule has 0 atom stereocenters. The molecule has 3 aromatic rings. The number of benzene rings is 2. The molecule has 3 N–H and O–H groups in total. The highest BCUT2D eigenvalue weighted by atomic mass is 35.5. The molecule has 24 heavy (non-hydrogen) atoms. The summed E-state index contributed by atoms with van der Waals surface area (Å²) in [5, 5.41) is 1.35. The fourth-order valence-corrected chi connectivity index (χ4v) is 3.28. The molecular formula is C16H14ClN3O3S.